The first-order valence-corrected chi connectivity index (χ1v) is 7.61. The Hall–Kier alpha value is -2.27. The lowest BCUT2D eigenvalue weighted by Crippen LogP contribution is -2.54. The second-order valence-electron chi connectivity index (χ2n) is 5.74. The van der Waals surface area contributed by atoms with E-state index in [0.717, 1.165) is 0 Å². The zero-order chi connectivity index (χ0) is 16.2. The van der Waals surface area contributed by atoms with Gasteiger partial charge in [-0.1, -0.05) is 36.4 Å². The van der Waals surface area contributed by atoms with E-state index >= 15 is 0 Å². The van der Waals surface area contributed by atoms with Crippen molar-refractivity contribution < 1.29 is 13.6 Å². The smallest absolute Gasteiger partial charge is 0.236 e. The average Bonchev–Trinajstić information content (AvgIpc) is 2.55. The lowest BCUT2D eigenvalue weighted by atomic mass is 10.0. The van der Waals surface area contributed by atoms with Gasteiger partial charge in [-0.05, 0) is 24.1 Å². The van der Waals surface area contributed by atoms with Crippen molar-refractivity contribution in [3.8, 4) is 0 Å². The predicted molar refractivity (Wildman–Crippen MR) is 83.7 cm³/mol. The molecular weight excluding hydrogens is 298 g/mol. The summed E-state index contributed by atoms with van der Waals surface area (Å²) in [6.07, 6.45) is 0.494. The van der Waals surface area contributed by atoms with E-state index < -0.39 is 0 Å². The largest absolute Gasteiger partial charge is 0.336 e. The summed E-state index contributed by atoms with van der Waals surface area (Å²) < 4.78 is 27.5. The van der Waals surface area contributed by atoms with Crippen LogP contribution in [0.4, 0.5) is 8.78 Å². The molecule has 0 radical (unpaired) electrons. The summed E-state index contributed by atoms with van der Waals surface area (Å²) >= 11 is 0. The van der Waals surface area contributed by atoms with Gasteiger partial charge in [-0.25, -0.2) is 8.78 Å². The minimum atomic E-state index is -0.315. The summed E-state index contributed by atoms with van der Waals surface area (Å²) in [5, 5.41) is 3.12. The lowest BCUT2D eigenvalue weighted by Gasteiger charge is -2.33. The summed E-state index contributed by atoms with van der Waals surface area (Å²) in [7, 11) is 0. The second-order valence-corrected chi connectivity index (χ2v) is 5.74. The molecule has 0 spiro atoms. The van der Waals surface area contributed by atoms with Crippen LogP contribution in [-0.4, -0.2) is 29.9 Å². The summed E-state index contributed by atoms with van der Waals surface area (Å²) in [4.78, 5) is 13.7. The first-order valence-electron chi connectivity index (χ1n) is 7.61. The number of hydrogen-bond donors (Lipinski definition) is 1. The van der Waals surface area contributed by atoms with Gasteiger partial charge in [-0.3, -0.25) is 4.79 Å². The molecule has 3 rings (SSSR count). The van der Waals surface area contributed by atoms with Gasteiger partial charge < -0.3 is 10.2 Å². The SMILES string of the molecule is O=C1CN[C@H](Cc2ccccc2F)CN1Cc1ccccc1F. The second kappa shape index (κ2) is 6.87. The molecule has 0 aromatic heterocycles. The Balaban J connectivity index is 1.69. The first-order chi connectivity index (χ1) is 11.1. The van der Waals surface area contributed by atoms with Gasteiger partial charge in [-0.2, -0.15) is 0 Å². The molecule has 1 fully saturated rings. The highest BCUT2D eigenvalue weighted by Crippen LogP contribution is 2.15. The van der Waals surface area contributed by atoms with Crippen LogP contribution in [0, 0.1) is 11.6 Å². The van der Waals surface area contributed by atoms with Crippen LogP contribution in [0.1, 0.15) is 11.1 Å². The normalized spacial score (nSPS) is 18.3. The summed E-state index contributed by atoms with van der Waals surface area (Å²) in [6, 6.07) is 13.0. The standard InChI is InChI=1S/C18H18F2N2O/c19-16-7-3-1-5-13(16)9-15-12-22(18(23)10-21-15)11-14-6-2-4-8-17(14)20/h1-8,15,21H,9-12H2/t15-/m1/s1. The predicted octanol–water partition coefficient (Wildman–Crippen LogP) is 2.51. The maximum atomic E-state index is 13.8. The molecule has 1 saturated heterocycles. The maximum absolute atomic E-state index is 13.8. The Morgan fingerprint density at radius 2 is 1.61 bits per heavy atom. The van der Waals surface area contributed by atoms with Gasteiger partial charge >= 0.3 is 0 Å². The molecule has 1 atom stereocenters. The lowest BCUT2D eigenvalue weighted by molar-refractivity contribution is -0.133. The quantitative estimate of drug-likeness (QED) is 0.940. The monoisotopic (exact) mass is 316 g/mol. The molecule has 0 aliphatic carbocycles. The molecule has 1 N–H and O–H groups in total. The van der Waals surface area contributed by atoms with Crippen LogP contribution in [0.25, 0.3) is 0 Å². The number of amides is 1. The molecule has 0 saturated carbocycles. The van der Waals surface area contributed by atoms with E-state index in [4.69, 9.17) is 0 Å². The summed E-state index contributed by atoms with van der Waals surface area (Å²) in [5.41, 5.74) is 1.11. The van der Waals surface area contributed by atoms with Gasteiger partial charge in [0.1, 0.15) is 11.6 Å². The maximum Gasteiger partial charge on any atom is 0.236 e. The molecule has 1 heterocycles. The molecule has 5 heteroatoms. The van der Waals surface area contributed by atoms with Crippen molar-refractivity contribution in [3.05, 3.63) is 71.3 Å². The van der Waals surface area contributed by atoms with Crippen molar-refractivity contribution in [3.63, 3.8) is 0 Å². The number of nitrogens with one attached hydrogen (secondary N) is 1. The Morgan fingerprint density at radius 1 is 1.00 bits per heavy atom. The topological polar surface area (TPSA) is 32.3 Å². The molecule has 120 valence electrons. The Morgan fingerprint density at radius 3 is 2.26 bits per heavy atom. The van der Waals surface area contributed by atoms with Crippen LogP contribution in [0.3, 0.4) is 0 Å². The van der Waals surface area contributed by atoms with E-state index in [9.17, 15) is 13.6 Å². The molecule has 1 aliphatic rings. The Kier molecular flexibility index (Phi) is 4.67. The fraction of sp³-hybridized carbons (Fsp3) is 0.278. The number of nitrogens with zero attached hydrogens (tertiary/aromatic N) is 1. The van der Waals surface area contributed by atoms with Crippen LogP contribution < -0.4 is 5.32 Å². The minimum absolute atomic E-state index is 0.0450. The Bertz CT molecular complexity index is 705. The van der Waals surface area contributed by atoms with Crippen LogP contribution in [-0.2, 0) is 17.8 Å². The van der Waals surface area contributed by atoms with Gasteiger partial charge in [0.25, 0.3) is 0 Å². The van der Waals surface area contributed by atoms with E-state index in [-0.39, 0.29) is 36.7 Å². The average molecular weight is 316 g/mol. The highest BCUT2D eigenvalue weighted by atomic mass is 19.1. The van der Waals surface area contributed by atoms with Gasteiger partial charge in [0.05, 0.1) is 6.54 Å². The number of carbonyl (C=O) groups is 1. The molecule has 3 nitrogen and oxygen atoms in total. The fourth-order valence-electron chi connectivity index (χ4n) is 2.83. The molecular formula is C18H18F2N2O. The zero-order valence-corrected chi connectivity index (χ0v) is 12.6. The Labute approximate surface area is 133 Å². The van der Waals surface area contributed by atoms with Crippen molar-refractivity contribution in [2.24, 2.45) is 0 Å². The van der Waals surface area contributed by atoms with Crippen LogP contribution in [0.5, 0.6) is 0 Å². The molecule has 2 aromatic carbocycles. The van der Waals surface area contributed by atoms with Crippen molar-refractivity contribution in [2.45, 2.75) is 19.0 Å². The van der Waals surface area contributed by atoms with Crippen LogP contribution in [0.2, 0.25) is 0 Å². The molecule has 0 bridgehead atoms. The van der Waals surface area contributed by atoms with E-state index in [1.165, 1.54) is 12.1 Å². The van der Waals surface area contributed by atoms with E-state index in [0.29, 0.717) is 24.1 Å². The zero-order valence-electron chi connectivity index (χ0n) is 12.6. The number of piperazine rings is 1. The summed E-state index contributed by atoms with van der Waals surface area (Å²) in [5.74, 6) is -0.630. The number of halogens is 2. The van der Waals surface area contributed by atoms with E-state index in [1.54, 1.807) is 41.3 Å². The van der Waals surface area contributed by atoms with Crippen LogP contribution in [0.15, 0.2) is 48.5 Å². The third-order valence-corrected chi connectivity index (χ3v) is 4.08. The minimum Gasteiger partial charge on any atom is -0.336 e. The highest BCUT2D eigenvalue weighted by molar-refractivity contribution is 5.79. The molecule has 23 heavy (non-hydrogen) atoms. The van der Waals surface area contributed by atoms with E-state index in [2.05, 4.69) is 5.32 Å². The first kappa shape index (κ1) is 15.6. The highest BCUT2D eigenvalue weighted by Gasteiger charge is 2.26. The van der Waals surface area contributed by atoms with Gasteiger partial charge in [-0.15, -0.1) is 0 Å². The number of benzene rings is 2. The van der Waals surface area contributed by atoms with Crippen molar-refractivity contribution in [1.82, 2.24) is 10.2 Å². The van der Waals surface area contributed by atoms with E-state index in [1.807, 2.05) is 0 Å². The van der Waals surface area contributed by atoms with Gasteiger partial charge in [0.15, 0.2) is 0 Å². The van der Waals surface area contributed by atoms with Crippen molar-refractivity contribution in [1.29, 1.82) is 0 Å². The third kappa shape index (κ3) is 3.74. The van der Waals surface area contributed by atoms with Gasteiger partial charge in [0.2, 0.25) is 5.91 Å². The van der Waals surface area contributed by atoms with Gasteiger partial charge in [0, 0.05) is 24.7 Å². The molecule has 1 amide bonds. The fourth-order valence-corrected chi connectivity index (χ4v) is 2.83. The number of rotatable bonds is 4. The number of carbonyl (C=O) groups excluding carboxylic acids is 1. The molecule has 2 aromatic rings. The third-order valence-electron chi connectivity index (χ3n) is 4.08. The van der Waals surface area contributed by atoms with Crippen molar-refractivity contribution in [2.75, 3.05) is 13.1 Å². The number of hydrogen-bond acceptors (Lipinski definition) is 2. The molecule has 0 unspecified atom stereocenters. The van der Waals surface area contributed by atoms with Crippen LogP contribution >= 0.6 is 0 Å². The molecule has 1 aliphatic heterocycles. The summed E-state index contributed by atoms with van der Waals surface area (Å²) in [6.45, 7) is 0.857. The van der Waals surface area contributed by atoms with Crippen molar-refractivity contribution >= 4 is 5.91 Å².